The van der Waals surface area contributed by atoms with Crippen LogP contribution in [0.2, 0.25) is 0 Å². The lowest BCUT2D eigenvalue weighted by Gasteiger charge is -2.02. The SMILES string of the molecule is C=Cc1cc(C(=O)OC)cc(C=C)n1. The Morgan fingerprint density at radius 1 is 1.36 bits per heavy atom. The standard InChI is InChI=1S/C11H11NO2/c1-4-9-6-8(11(13)14-3)7-10(5-2)12-9/h4-7H,1-2H2,3H3. The van der Waals surface area contributed by atoms with Gasteiger partial charge in [0.25, 0.3) is 0 Å². The lowest BCUT2D eigenvalue weighted by Crippen LogP contribution is -2.03. The highest BCUT2D eigenvalue weighted by atomic mass is 16.5. The average Bonchev–Trinajstić information content (AvgIpc) is 2.27. The lowest BCUT2D eigenvalue weighted by molar-refractivity contribution is 0.0600. The van der Waals surface area contributed by atoms with Gasteiger partial charge in [0.15, 0.2) is 0 Å². The predicted molar refractivity (Wildman–Crippen MR) is 55.8 cm³/mol. The van der Waals surface area contributed by atoms with Crippen LogP contribution in [0, 0.1) is 0 Å². The van der Waals surface area contributed by atoms with Crippen molar-refractivity contribution in [1.29, 1.82) is 0 Å². The van der Waals surface area contributed by atoms with E-state index in [1.165, 1.54) is 7.11 Å². The molecule has 0 saturated carbocycles. The minimum Gasteiger partial charge on any atom is -0.465 e. The lowest BCUT2D eigenvalue weighted by atomic mass is 10.2. The van der Waals surface area contributed by atoms with Crippen LogP contribution in [-0.4, -0.2) is 18.1 Å². The van der Waals surface area contributed by atoms with E-state index < -0.39 is 5.97 Å². The van der Waals surface area contributed by atoms with Gasteiger partial charge in [-0.1, -0.05) is 13.2 Å². The van der Waals surface area contributed by atoms with E-state index >= 15 is 0 Å². The third-order valence-electron chi connectivity index (χ3n) is 1.70. The quantitative estimate of drug-likeness (QED) is 0.684. The summed E-state index contributed by atoms with van der Waals surface area (Å²) in [6.45, 7) is 7.17. The number of esters is 1. The Kier molecular flexibility index (Phi) is 3.18. The highest BCUT2D eigenvalue weighted by Crippen LogP contribution is 2.09. The van der Waals surface area contributed by atoms with E-state index in [9.17, 15) is 4.79 Å². The van der Waals surface area contributed by atoms with Crippen LogP contribution in [0.5, 0.6) is 0 Å². The van der Waals surface area contributed by atoms with Crippen molar-refractivity contribution in [3.63, 3.8) is 0 Å². The summed E-state index contributed by atoms with van der Waals surface area (Å²) in [6, 6.07) is 3.23. The summed E-state index contributed by atoms with van der Waals surface area (Å²) in [5.41, 5.74) is 1.71. The van der Waals surface area contributed by atoms with Crippen LogP contribution in [0.25, 0.3) is 12.2 Å². The molecule has 0 aliphatic carbocycles. The first-order chi connectivity index (χ1) is 6.71. The van der Waals surface area contributed by atoms with Gasteiger partial charge in [0.05, 0.1) is 24.1 Å². The number of carbonyl (C=O) groups is 1. The van der Waals surface area contributed by atoms with Crippen LogP contribution < -0.4 is 0 Å². The second-order valence-corrected chi connectivity index (χ2v) is 2.61. The molecule has 0 N–H and O–H groups in total. The fraction of sp³-hybridized carbons (Fsp3) is 0.0909. The molecule has 0 unspecified atom stereocenters. The largest absolute Gasteiger partial charge is 0.465 e. The summed E-state index contributed by atoms with van der Waals surface area (Å²) < 4.78 is 4.60. The molecule has 0 aliphatic rings. The van der Waals surface area contributed by atoms with Gasteiger partial charge in [-0.05, 0) is 24.3 Å². The molecule has 1 heterocycles. The third kappa shape index (κ3) is 2.07. The maximum Gasteiger partial charge on any atom is 0.338 e. The van der Waals surface area contributed by atoms with Crippen molar-refractivity contribution < 1.29 is 9.53 Å². The highest BCUT2D eigenvalue weighted by molar-refractivity contribution is 5.90. The van der Waals surface area contributed by atoms with E-state index in [0.717, 1.165) is 0 Å². The molecule has 0 aromatic carbocycles. The van der Waals surface area contributed by atoms with Crippen LogP contribution in [0.4, 0.5) is 0 Å². The van der Waals surface area contributed by atoms with Crippen molar-refractivity contribution in [3.05, 3.63) is 42.2 Å². The number of aromatic nitrogens is 1. The normalized spacial score (nSPS) is 9.21. The Morgan fingerprint density at radius 3 is 2.21 bits per heavy atom. The first-order valence-corrected chi connectivity index (χ1v) is 4.06. The van der Waals surface area contributed by atoms with Crippen molar-refractivity contribution >= 4 is 18.1 Å². The topological polar surface area (TPSA) is 39.2 Å². The molecule has 1 rings (SSSR count). The van der Waals surface area contributed by atoms with Gasteiger partial charge in [-0.25, -0.2) is 9.78 Å². The molecule has 0 bridgehead atoms. The zero-order chi connectivity index (χ0) is 10.6. The van der Waals surface area contributed by atoms with Gasteiger partial charge in [0.1, 0.15) is 0 Å². The Bertz CT molecular complexity index is 357. The molecular weight excluding hydrogens is 178 g/mol. The number of methoxy groups -OCH3 is 1. The summed E-state index contributed by atoms with van der Waals surface area (Å²) >= 11 is 0. The zero-order valence-corrected chi connectivity index (χ0v) is 7.99. The fourth-order valence-corrected chi connectivity index (χ4v) is 1.02. The predicted octanol–water partition coefficient (Wildman–Crippen LogP) is 2.15. The monoisotopic (exact) mass is 189 g/mol. The molecule has 72 valence electrons. The van der Waals surface area contributed by atoms with E-state index in [1.807, 2.05) is 0 Å². The van der Waals surface area contributed by atoms with Crippen LogP contribution in [0.15, 0.2) is 25.3 Å². The highest BCUT2D eigenvalue weighted by Gasteiger charge is 2.07. The zero-order valence-electron chi connectivity index (χ0n) is 7.99. The second kappa shape index (κ2) is 4.37. The molecule has 1 aromatic rings. The molecule has 0 spiro atoms. The average molecular weight is 189 g/mol. The first-order valence-electron chi connectivity index (χ1n) is 4.06. The van der Waals surface area contributed by atoms with Gasteiger partial charge >= 0.3 is 5.97 Å². The molecule has 0 radical (unpaired) electrons. The number of hydrogen-bond donors (Lipinski definition) is 0. The summed E-state index contributed by atoms with van der Waals surface area (Å²) in [4.78, 5) is 15.4. The second-order valence-electron chi connectivity index (χ2n) is 2.61. The van der Waals surface area contributed by atoms with Crippen LogP contribution >= 0.6 is 0 Å². The molecule has 0 saturated heterocycles. The Balaban J connectivity index is 3.23. The molecule has 3 heteroatoms. The minimum absolute atomic E-state index is 0.390. The van der Waals surface area contributed by atoms with Gasteiger partial charge in [-0.15, -0.1) is 0 Å². The van der Waals surface area contributed by atoms with Gasteiger partial charge in [-0.3, -0.25) is 0 Å². The van der Waals surface area contributed by atoms with Gasteiger partial charge in [-0.2, -0.15) is 0 Å². The first kappa shape index (κ1) is 10.2. The van der Waals surface area contributed by atoms with Crippen molar-refractivity contribution in [2.45, 2.75) is 0 Å². The number of nitrogens with zero attached hydrogens (tertiary/aromatic N) is 1. The smallest absolute Gasteiger partial charge is 0.338 e. The Morgan fingerprint density at radius 2 is 1.86 bits per heavy atom. The van der Waals surface area contributed by atoms with Gasteiger partial charge in [0, 0.05) is 0 Å². The van der Waals surface area contributed by atoms with Gasteiger partial charge in [0.2, 0.25) is 0 Å². The summed E-state index contributed by atoms with van der Waals surface area (Å²) in [7, 11) is 1.34. The fourth-order valence-electron chi connectivity index (χ4n) is 1.02. The number of pyridine rings is 1. The summed E-state index contributed by atoms with van der Waals surface area (Å²) in [5, 5.41) is 0. The number of carbonyl (C=O) groups excluding carboxylic acids is 1. The molecule has 0 aliphatic heterocycles. The van der Waals surface area contributed by atoms with Crippen molar-refractivity contribution in [1.82, 2.24) is 4.98 Å². The number of hydrogen-bond acceptors (Lipinski definition) is 3. The van der Waals surface area contributed by atoms with Crippen molar-refractivity contribution in [2.75, 3.05) is 7.11 Å². The molecular formula is C11H11NO2. The summed E-state index contributed by atoms with van der Waals surface area (Å²) in [6.07, 6.45) is 3.14. The van der Waals surface area contributed by atoms with Crippen LogP contribution in [0.3, 0.4) is 0 Å². The Hall–Kier alpha value is -1.90. The van der Waals surface area contributed by atoms with Crippen molar-refractivity contribution in [2.24, 2.45) is 0 Å². The molecule has 0 fully saturated rings. The van der Waals surface area contributed by atoms with Crippen LogP contribution in [0.1, 0.15) is 21.7 Å². The van der Waals surface area contributed by atoms with E-state index in [1.54, 1.807) is 24.3 Å². The minimum atomic E-state index is -0.390. The Labute approximate surface area is 82.7 Å². The van der Waals surface area contributed by atoms with E-state index in [0.29, 0.717) is 17.0 Å². The van der Waals surface area contributed by atoms with E-state index in [4.69, 9.17) is 0 Å². The maximum absolute atomic E-state index is 11.2. The third-order valence-corrected chi connectivity index (χ3v) is 1.70. The summed E-state index contributed by atoms with van der Waals surface area (Å²) in [5.74, 6) is -0.390. The van der Waals surface area contributed by atoms with Crippen molar-refractivity contribution in [3.8, 4) is 0 Å². The molecule has 1 aromatic heterocycles. The number of rotatable bonds is 3. The number of ether oxygens (including phenoxy) is 1. The van der Waals surface area contributed by atoms with E-state index in [2.05, 4.69) is 22.9 Å². The molecule has 0 atom stereocenters. The maximum atomic E-state index is 11.2. The molecule has 0 amide bonds. The van der Waals surface area contributed by atoms with E-state index in [-0.39, 0.29) is 0 Å². The molecule has 3 nitrogen and oxygen atoms in total. The molecule has 14 heavy (non-hydrogen) atoms. The van der Waals surface area contributed by atoms with Crippen LogP contribution in [-0.2, 0) is 4.74 Å². The van der Waals surface area contributed by atoms with Gasteiger partial charge < -0.3 is 4.74 Å².